The molecule has 0 saturated carbocycles. The number of carbonyl (C=O) groups excluding carboxylic acids is 1. The van der Waals surface area contributed by atoms with Crippen LogP contribution in [0.5, 0.6) is 0 Å². The van der Waals surface area contributed by atoms with Crippen LogP contribution in [-0.2, 0) is 15.8 Å². The molecule has 1 aromatic rings. The van der Waals surface area contributed by atoms with Crippen molar-refractivity contribution in [3.8, 4) is 0 Å². The van der Waals surface area contributed by atoms with Crippen LogP contribution in [0.2, 0.25) is 0 Å². The lowest BCUT2D eigenvalue weighted by atomic mass is 10.0. The zero-order valence-electron chi connectivity index (χ0n) is 11.7. The first-order valence-electron chi connectivity index (χ1n) is 6.24. The van der Waals surface area contributed by atoms with Crippen LogP contribution in [0, 0.1) is 0 Å². The molecule has 1 aromatic heterocycles. The number of hydrogen-bond donors (Lipinski definition) is 0. The fourth-order valence-electron chi connectivity index (χ4n) is 2.19. The lowest BCUT2D eigenvalue weighted by molar-refractivity contribution is -0.113. The molecular weight excluding hydrogens is 278 g/mol. The number of carbonyl (C=O) groups is 1. The number of Topliss-reactive ketones (excluding diaryl/α,β-unsaturated/α-hetero) is 1. The van der Waals surface area contributed by atoms with Crippen LogP contribution >= 0.6 is 11.3 Å². The summed E-state index contributed by atoms with van der Waals surface area (Å²) in [4.78, 5) is 11.8. The molecule has 0 aliphatic carbocycles. The standard InChI is InChI=1S/C14H19NO2S2/c1-10(16)12-5-7-15(19(17)14(2,3)4)13(12)11-6-8-18-9-11/h5-6,8-9,13H,7H2,1-4H3/t13-,19-/m0/s1. The summed E-state index contributed by atoms with van der Waals surface area (Å²) >= 11 is 1.60. The first-order valence-corrected chi connectivity index (χ1v) is 8.29. The normalized spacial score (nSPS) is 22.3. The summed E-state index contributed by atoms with van der Waals surface area (Å²) < 4.78 is 14.2. The molecule has 2 heterocycles. The van der Waals surface area contributed by atoms with Gasteiger partial charge in [0.15, 0.2) is 5.78 Å². The van der Waals surface area contributed by atoms with E-state index in [9.17, 15) is 9.00 Å². The molecule has 0 amide bonds. The van der Waals surface area contributed by atoms with E-state index in [1.54, 1.807) is 18.3 Å². The Labute approximate surface area is 120 Å². The van der Waals surface area contributed by atoms with Gasteiger partial charge in [-0.3, -0.25) is 4.79 Å². The summed E-state index contributed by atoms with van der Waals surface area (Å²) in [6, 6.07) is 1.84. The second-order valence-electron chi connectivity index (χ2n) is 5.64. The summed E-state index contributed by atoms with van der Waals surface area (Å²) in [5.74, 6) is 0.0598. The molecule has 0 radical (unpaired) electrons. The van der Waals surface area contributed by atoms with Crippen LogP contribution in [0.3, 0.4) is 0 Å². The molecular formula is C14H19NO2S2. The van der Waals surface area contributed by atoms with Crippen LogP contribution in [0.4, 0.5) is 0 Å². The first kappa shape index (κ1) is 14.6. The zero-order chi connectivity index (χ0) is 14.2. The van der Waals surface area contributed by atoms with E-state index < -0.39 is 11.0 Å². The summed E-state index contributed by atoms with van der Waals surface area (Å²) in [7, 11) is -1.13. The van der Waals surface area contributed by atoms with Gasteiger partial charge in [-0.1, -0.05) is 6.08 Å². The fraction of sp³-hybridized carbons (Fsp3) is 0.500. The van der Waals surface area contributed by atoms with Crippen molar-refractivity contribution in [3.05, 3.63) is 34.0 Å². The predicted molar refractivity (Wildman–Crippen MR) is 80.4 cm³/mol. The van der Waals surface area contributed by atoms with Crippen molar-refractivity contribution in [2.45, 2.75) is 38.5 Å². The molecule has 2 atom stereocenters. The van der Waals surface area contributed by atoms with Gasteiger partial charge in [-0.15, -0.1) is 0 Å². The second kappa shape index (κ2) is 5.31. The van der Waals surface area contributed by atoms with E-state index in [0.29, 0.717) is 6.54 Å². The lowest BCUT2D eigenvalue weighted by Crippen LogP contribution is -2.38. The largest absolute Gasteiger partial charge is 0.295 e. The highest BCUT2D eigenvalue weighted by molar-refractivity contribution is 7.84. The van der Waals surface area contributed by atoms with Gasteiger partial charge in [0.2, 0.25) is 0 Å². The lowest BCUT2D eigenvalue weighted by Gasteiger charge is -2.31. The number of hydrogen-bond acceptors (Lipinski definition) is 3. The van der Waals surface area contributed by atoms with E-state index >= 15 is 0 Å². The molecule has 0 aromatic carbocycles. The van der Waals surface area contributed by atoms with E-state index in [1.807, 2.05) is 48.0 Å². The Morgan fingerprint density at radius 2 is 2.16 bits per heavy atom. The van der Waals surface area contributed by atoms with E-state index in [2.05, 4.69) is 0 Å². The Morgan fingerprint density at radius 1 is 1.47 bits per heavy atom. The Balaban J connectivity index is 2.37. The van der Waals surface area contributed by atoms with Crippen molar-refractivity contribution in [1.82, 2.24) is 4.31 Å². The molecule has 0 spiro atoms. The molecule has 1 aliphatic rings. The van der Waals surface area contributed by atoms with Crippen molar-refractivity contribution < 1.29 is 9.00 Å². The number of nitrogens with zero attached hydrogens (tertiary/aromatic N) is 1. The van der Waals surface area contributed by atoms with Gasteiger partial charge >= 0.3 is 0 Å². The van der Waals surface area contributed by atoms with E-state index in [1.165, 1.54) is 0 Å². The molecule has 0 bridgehead atoms. The topological polar surface area (TPSA) is 37.4 Å². The van der Waals surface area contributed by atoms with Crippen LogP contribution in [0.25, 0.3) is 0 Å². The van der Waals surface area contributed by atoms with Crippen molar-refractivity contribution in [3.63, 3.8) is 0 Å². The summed E-state index contributed by atoms with van der Waals surface area (Å²) in [5, 5.41) is 4.02. The summed E-state index contributed by atoms with van der Waals surface area (Å²) in [6.07, 6.45) is 1.91. The zero-order valence-corrected chi connectivity index (χ0v) is 13.3. The maximum atomic E-state index is 12.6. The highest BCUT2D eigenvalue weighted by atomic mass is 32.2. The molecule has 5 heteroatoms. The average Bonchev–Trinajstić information content (AvgIpc) is 2.94. The van der Waals surface area contributed by atoms with Gasteiger partial charge in [0.25, 0.3) is 0 Å². The first-order chi connectivity index (χ1) is 8.82. The van der Waals surface area contributed by atoms with Crippen molar-refractivity contribution >= 4 is 28.1 Å². The molecule has 0 unspecified atom stereocenters. The second-order valence-corrected chi connectivity index (χ2v) is 8.61. The maximum Gasteiger partial charge on any atom is 0.157 e. The van der Waals surface area contributed by atoms with Gasteiger partial charge < -0.3 is 0 Å². The van der Waals surface area contributed by atoms with Crippen LogP contribution in [0.15, 0.2) is 28.5 Å². The molecule has 0 saturated heterocycles. The van der Waals surface area contributed by atoms with Gasteiger partial charge in [0, 0.05) is 12.1 Å². The Bertz CT molecular complexity index is 526. The third-order valence-corrected chi connectivity index (χ3v) is 5.61. The van der Waals surface area contributed by atoms with Crippen molar-refractivity contribution in [2.24, 2.45) is 0 Å². The minimum atomic E-state index is -1.13. The SMILES string of the molecule is CC(=O)C1=CCN([S@@](=O)C(C)(C)C)[C@H]1c1ccsc1. The molecule has 2 rings (SSSR count). The average molecular weight is 297 g/mol. The van der Waals surface area contributed by atoms with Crippen LogP contribution in [-0.4, -0.2) is 25.6 Å². The smallest absolute Gasteiger partial charge is 0.157 e. The summed E-state index contributed by atoms with van der Waals surface area (Å²) in [6.45, 7) is 8.02. The van der Waals surface area contributed by atoms with Crippen LogP contribution < -0.4 is 0 Å². The predicted octanol–water partition coefficient (Wildman–Crippen LogP) is 3.08. The monoisotopic (exact) mass is 297 g/mol. The molecule has 1 aliphatic heterocycles. The molecule has 0 N–H and O–H groups in total. The van der Waals surface area contributed by atoms with Crippen molar-refractivity contribution in [2.75, 3.05) is 6.54 Å². The van der Waals surface area contributed by atoms with Gasteiger partial charge in [-0.05, 0) is 50.1 Å². The molecule has 0 fully saturated rings. The maximum absolute atomic E-state index is 12.6. The van der Waals surface area contributed by atoms with Gasteiger partial charge in [0.1, 0.15) is 11.0 Å². The van der Waals surface area contributed by atoms with E-state index in [0.717, 1.165) is 11.1 Å². The third-order valence-electron chi connectivity index (χ3n) is 3.08. The highest BCUT2D eigenvalue weighted by Gasteiger charge is 2.38. The molecule has 3 nitrogen and oxygen atoms in total. The summed E-state index contributed by atoms with van der Waals surface area (Å²) in [5.41, 5.74) is 1.82. The van der Waals surface area contributed by atoms with E-state index in [-0.39, 0.29) is 16.6 Å². The van der Waals surface area contributed by atoms with E-state index in [4.69, 9.17) is 0 Å². The van der Waals surface area contributed by atoms with Crippen molar-refractivity contribution in [1.29, 1.82) is 0 Å². The Kier molecular flexibility index (Phi) is 4.08. The minimum Gasteiger partial charge on any atom is -0.295 e. The quantitative estimate of drug-likeness (QED) is 0.860. The minimum absolute atomic E-state index is 0.0598. The molecule has 19 heavy (non-hydrogen) atoms. The highest BCUT2D eigenvalue weighted by Crippen LogP contribution is 2.38. The molecule has 104 valence electrons. The Hall–Kier alpha value is -0.780. The van der Waals surface area contributed by atoms with Gasteiger partial charge in [0.05, 0.1) is 10.8 Å². The number of thiophene rings is 1. The fourth-order valence-corrected chi connectivity index (χ4v) is 4.21. The van der Waals surface area contributed by atoms with Gasteiger partial charge in [-0.2, -0.15) is 11.3 Å². The number of rotatable bonds is 3. The Morgan fingerprint density at radius 3 is 2.63 bits per heavy atom. The third kappa shape index (κ3) is 2.88. The van der Waals surface area contributed by atoms with Gasteiger partial charge in [-0.25, -0.2) is 8.51 Å². The number of ketones is 1. The van der Waals surface area contributed by atoms with Crippen LogP contribution in [0.1, 0.15) is 39.3 Å².